The molecule has 3 rings (SSSR count). The van der Waals surface area contributed by atoms with E-state index < -0.39 is 21.1 Å². The maximum absolute atomic E-state index is 12.5. The highest BCUT2D eigenvalue weighted by molar-refractivity contribution is 7.92. The standard InChI is InChI=1S/C13H9Cl2N5O4S/c1-6-4-16-12-17-13(18-20(12)5-6)25(23,24)19-10-8(14)3-2-7(9(10)15)11(21)22/h2-5,19H,1H3,(H,21,22). The van der Waals surface area contributed by atoms with Crippen molar-refractivity contribution in [2.45, 2.75) is 12.1 Å². The molecule has 1 aromatic carbocycles. The van der Waals surface area contributed by atoms with Gasteiger partial charge in [0.2, 0.25) is 0 Å². The number of fused-ring (bicyclic) bond motifs is 1. The van der Waals surface area contributed by atoms with Crippen LogP contribution in [0.1, 0.15) is 15.9 Å². The molecule has 2 aromatic heterocycles. The van der Waals surface area contributed by atoms with Gasteiger partial charge in [-0.1, -0.05) is 23.2 Å². The third-order valence-electron chi connectivity index (χ3n) is 3.10. The lowest BCUT2D eigenvalue weighted by molar-refractivity contribution is 0.0697. The van der Waals surface area contributed by atoms with Crippen molar-refractivity contribution in [3.05, 3.63) is 45.7 Å². The van der Waals surface area contributed by atoms with E-state index >= 15 is 0 Å². The zero-order valence-corrected chi connectivity index (χ0v) is 14.8. The van der Waals surface area contributed by atoms with E-state index in [0.29, 0.717) is 0 Å². The number of carboxylic acids is 1. The third kappa shape index (κ3) is 3.23. The quantitative estimate of drug-likeness (QED) is 0.685. The molecule has 3 aromatic rings. The molecule has 0 amide bonds. The molecule has 0 aliphatic heterocycles. The van der Waals surface area contributed by atoms with Crippen molar-refractivity contribution in [2.75, 3.05) is 4.72 Å². The number of sulfonamides is 1. The molecular formula is C13H9Cl2N5O4S. The number of rotatable bonds is 4. The van der Waals surface area contributed by atoms with E-state index in [-0.39, 0.29) is 27.1 Å². The summed E-state index contributed by atoms with van der Waals surface area (Å²) >= 11 is 11.9. The summed E-state index contributed by atoms with van der Waals surface area (Å²) in [6.45, 7) is 1.76. The summed E-state index contributed by atoms with van der Waals surface area (Å²) in [4.78, 5) is 18.9. The van der Waals surface area contributed by atoms with Crippen LogP contribution in [0.25, 0.3) is 5.78 Å². The maximum atomic E-state index is 12.5. The number of hydrogen-bond acceptors (Lipinski definition) is 6. The number of anilines is 1. The van der Waals surface area contributed by atoms with Crippen LogP contribution in [-0.4, -0.2) is 39.1 Å². The van der Waals surface area contributed by atoms with E-state index in [0.717, 1.165) is 5.56 Å². The third-order valence-corrected chi connectivity index (χ3v) is 4.94. The fourth-order valence-electron chi connectivity index (χ4n) is 1.96. The summed E-state index contributed by atoms with van der Waals surface area (Å²) in [5, 5.41) is 11.9. The summed E-state index contributed by atoms with van der Waals surface area (Å²) in [5.41, 5.74) is 0.185. The first-order valence-corrected chi connectivity index (χ1v) is 8.86. The summed E-state index contributed by atoms with van der Waals surface area (Å²) in [6.07, 6.45) is 3.07. The number of carbonyl (C=O) groups is 1. The molecule has 0 unspecified atom stereocenters. The Balaban J connectivity index is 2.07. The number of aromatic nitrogens is 4. The van der Waals surface area contributed by atoms with Crippen LogP contribution in [0.5, 0.6) is 0 Å². The number of halogens is 2. The summed E-state index contributed by atoms with van der Waals surface area (Å²) in [6, 6.07) is 2.39. The molecule has 0 saturated carbocycles. The largest absolute Gasteiger partial charge is 0.478 e. The molecule has 0 atom stereocenters. The minimum atomic E-state index is -4.27. The average molecular weight is 402 g/mol. The lowest BCUT2D eigenvalue weighted by atomic mass is 10.2. The van der Waals surface area contributed by atoms with Crippen molar-refractivity contribution < 1.29 is 18.3 Å². The second kappa shape index (κ2) is 6.14. The van der Waals surface area contributed by atoms with Crippen LogP contribution in [0, 0.1) is 6.92 Å². The Bertz CT molecular complexity index is 1110. The molecule has 2 heterocycles. The Morgan fingerprint density at radius 1 is 1.32 bits per heavy atom. The lowest BCUT2D eigenvalue weighted by Gasteiger charge is -2.10. The molecule has 0 bridgehead atoms. The van der Waals surface area contributed by atoms with Crippen molar-refractivity contribution in [3.8, 4) is 0 Å². The molecule has 0 radical (unpaired) electrons. The van der Waals surface area contributed by atoms with Gasteiger partial charge < -0.3 is 5.11 Å². The van der Waals surface area contributed by atoms with Gasteiger partial charge in [-0.2, -0.15) is 13.4 Å². The van der Waals surface area contributed by atoms with Gasteiger partial charge in [0.25, 0.3) is 21.0 Å². The van der Waals surface area contributed by atoms with Crippen LogP contribution >= 0.6 is 23.2 Å². The number of nitrogens with one attached hydrogen (secondary N) is 1. The minimum Gasteiger partial charge on any atom is -0.478 e. The predicted octanol–water partition coefficient (Wildman–Crippen LogP) is 2.24. The maximum Gasteiger partial charge on any atom is 0.337 e. The van der Waals surface area contributed by atoms with Crippen molar-refractivity contribution in [3.63, 3.8) is 0 Å². The van der Waals surface area contributed by atoms with Gasteiger partial charge in [-0.05, 0) is 24.6 Å². The van der Waals surface area contributed by atoms with Crippen LogP contribution < -0.4 is 4.72 Å². The SMILES string of the molecule is Cc1cnc2nc(S(=O)(=O)Nc3c(Cl)ccc(C(=O)O)c3Cl)nn2c1. The number of hydrogen-bond donors (Lipinski definition) is 2. The first kappa shape index (κ1) is 17.4. The Morgan fingerprint density at radius 3 is 2.72 bits per heavy atom. The van der Waals surface area contributed by atoms with Gasteiger partial charge in [0.05, 0.1) is 21.3 Å². The molecular weight excluding hydrogens is 393 g/mol. The van der Waals surface area contributed by atoms with Gasteiger partial charge in [-0.15, -0.1) is 5.10 Å². The van der Waals surface area contributed by atoms with Gasteiger partial charge in [0.1, 0.15) is 0 Å². The number of nitrogens with zero attached hydrogens (tertiary/aromatic N) is 4. The van der Waals surface area contributed by atoms with E-state index in [4.69, 9.17) is 28.3 Å². The second-order valence-electron chi connectivity index (χ2n) is 4.96. The van der Waals surface area contributed by atoms with Gasteiger partial charge in [0, 0.05) is 12.4 Å². The first-order valence-electron chi connectivity index (χ1n) is 6.62. The van der Waals surface area contributed by atoms with Gasteiger partial charge in [-0.25, -0.2) is 14.3 Å². The fraction of sp³-hybridized carbons (Fsp3) is 0.0769. The number of carboxylic acid groups (broad SMARTS) is 1. The topological polar surface area (TPSA) is 127 Å². The smallest absolute Gasteiger partial charge is 0.337 e. The molecule has 130 valence electrons. The van der Waals surface area contributed by atoms with Crippen LogP contribution in [-0.2, 0) is 10.0 Å². The normalized spacial score (nSPS) is 11.6. The number of aromatic carboxylic acids is 1. The van der Waals surface area contributed by atoms with Gasteiger partial charge >= 0.3 is 5.97 Å². The van der Waals surface area contributed by atoms with E-state index in [9.17, 15) is 13.2 Å². The number of aryl methyl sites for hydroxylation is 1. The summed E-state index contributed by atoms with van der Waals surface area (Å²) < 4.78 is 28.3. The van der Waals surface area contributed by atoms with Crippen molar-refractivity contribution >= 4 is 50.7 Å². The molecule has 9 nitrogen and oxygen atoms in total. The predicted molar refractivity (Wildman–Crippen MR) is 89.7 cm³/mol. The van der Waals surface area contributed by atoms with Crippen LogP contribution in [0.4, 0.5) is 5.69 Å². The molecule has 2 N–H and O–H groups in total. The van der Waals surface area contributed by atoms with Crippen LogP contribution in [0.3, 0.4) is 0 Å². The average Bonchev–Trinajstić information content (AvgIpc) is 2.95. The first-order chi connectivity index (χ1) is 11.7. The molecule has 12 heteroatoms. The molecule has 25 heavy (non-hydrogen) atoms. The summed E-state index contributed by atoms with van der Waals surface area (Å²) in [5.74, 6) is -1.24. The highest BCUT2D eigenvalue weighted by atomic mass is 35.5. The van der Waals surface area contributed by atoms with Gasteiger partial charge in [0.15, 0.2) is 0 Å². The molecule has 0 saturated heterocycles. The molecule has 0 spiro atoms. The molecule has 0 fully saturated rings. The van der Waals surface area contributed by atoms with Crippen molar-refractivity contribution in [2.24, 2.45) is 0 Å². The minimum absolute atomic E-state index is 0.0729. The highest BCUT2D eigenvalue weighted by Gasteiger charge is 2.25. The Morgan fingerprint density at radius 2 is 2.04 bits per heavy atom. The second-order valence-corrected chi connectivity index (χ2v) is 7.33. The van der Waals surface area contributed by atoms with Crippen LogP contribution in [0.2, 0.25) is 10.0 Å². The highest BCUT2D eigenvalue weighted by Crippen LogP contribution is 2.34. The Labute approximate surface area is 151 Å². The molecule has 0 aliphatic rings. The number of benzene rings is 1. The Hall–Kier alpha value is -2.43. The van der Waals surface area contributed by atoms with Crippen molar-refractivity contribution in [1.82, 2.24) is 19.6 Å². The van der Waals surface area contributed by atoms with Gasteiger partial charge in [-0.3, -0.25) is 4.72 Å². The Kier molecular flexibility index (Phi) is 4.27. The zero-order valence-electron chi connectivity index (χ0n) is 12.4. The fourth-order valence-corrected chi connectivity index (χ4v) is 3.59. The van der Waals surface area contributed by atoms with Crippen LogP contribution in [0.15, 0.2) is 29.7 Å². The van der Waals surface area contributed by atoms with E-state index in [2.05, 4.69) is 19.8 Å². The van der Waals surface area contributed by atoms with E-state index in [1.165, 1.54) is 22.8 Å². The van der Waals surface area contributed by atoms with E-state index in [1.54, 1.807) is 13.1 Å². The summed E-state index contributed by atoms with van der Waals surface area (Å²) in [7, 11) is -4.27. The lowest BCUT2D eigenvalue weighted by Crippen LogP contribution is -2.16. The van der Waals surface area contributed by atoms with E-state index in [1.807, 2.05) is 0 Å². The molecule has 0 aliphatic carbocycles. The van der Waals surface area contributed by atoms with Crippen molar-refractivity contribution in [1.29, 1.82) is 0 Å². The monoisotopic (exact) mass is 401 g/mol. The zero-order chi connectivity index (χ0) is 18.4.